The van der Waals surface area contributed by atoms with E-state index < -0.39 is 24.1 Å². The van der Waals surface area contributed by atoms with E-state index in [-0.39, 0.29) is 6.61 Å². The molecule has 0 aliphatic carbocycles. The summed E-state index contributed by atoms with van der Waals surface area (Å²) in [5, 5.41) is 15.3. The van der Waals surface area contributed by atoms with Gasteiger partial charge in [-0.15, -0.1) is 0 Å². The number of benzene rings is 1. The Morgan fingerprint density at radius 3 is 2.60 bits per heavy atom. The predicted octanol–water partition coefficient (Wildman–Crippen LogP) is 2.71. The molecule has 0 bridgehead atoms. The molecule has 2 rings (SSSR count). The van der Waals surface area contributed by atoms with Crippen LogP contribution in [0.4, 0.5) is 0 Å². The number of hydrogen-bond acceptors (Lipinski definition) is 6. The van der Waals surface area contributed by atoms with Gasteiger partial charge in [0.1, 0.15) is 12.7 Å². The first kappa shape index (κ1) is 19.2. The predicted molar refractivity (Wildman–Crippen MR) is 90.7 cm³/mol. The van der Waals surface area contributed by atoms with Gasteiger partial charge in [-0.1, -0.05) is 23.2 Å². The molecule has 0 aliphatic rings. The Bertz CT molecular complexity index is 778. The van der Waals surface area contributed by atoms with Crippen molar-refractivity contribution in [3.8, 4) is 5.69 Å². The van der Waals surface area contributed by atoms with Crippen molar-refractivity contribution in [2.75, 3.05) is 6.61 Å². The molecule has 1 heterocycles. The van der Waals surface area contributed by atoms with E-state index in [4.69, 9.17) is 32.7 Å². The molecule has 25 heavy (non-hydrogen) atoms. The second-order valence-electron chi connectivity index (χ2n) is 5.16. The summed E-state index contributed by atoms with van der Waals surface area (Å²) < 4.78 is 11.4. The van der Waals surface area contributed by atoms with Crippen LogP contribution in [0.25, 0.3) is 5.69 Å². The van der Waals surface area contributed by atoms with Gasteiger partial charge in [0, 0.05) is 25.1 Å². The maximum absolute atomic E-state index is 11.4. The summed E-state index contributed by atoms with van der Waals surface area (Å²) in [6, 6.07) is 6.36. The molecule has 1 N–H and O–H groups in total. The monoisotopic (exact) mass is 386 g/mol. The highest BCUT2D eigenvalue weighted by atomic mass is 35.5. The van der Waals surface area contributed by atoms with Crippen molar-refractivity contribution >= 4 is 35.1 Å². The van der Waals surface area contributed by atoms with E-state index in [1.807, 2.05) is 0 Å². The average molecular weight is 387 g/mol. The van der Waals surface area contributed by atoms with Crippen molar-refractivity contribution in [1.29, 1.82) is 0 Å². The second kappa shape index (κ2) is 8.33. The van der Waals surface area contributed by atoms with Crippen LogP contribution in [0.3, 0.4) is 0 Å². The number of aromatic nitrogens is 2. The lowest BCUT2D eigenvalue weighted by atomic mass is 10.1. The maximum Gasteiger partial charge on any atom is 0.303 e. The number of hydrogen-bond donors (Lipinski definition) is 1. The number of carbonyl (C=O) groups is 2. The Morgan fingerprint density at radius 2 is 1.96 bits per heavy atom. The van der Waals surface area contributed by atoms with Gasteiger partial charge in [-0.25, -0.2) is 4.68 Å². The van der Waals surface area contributed by atoms with Crippen LogP contribution >= 0.6 is 23.2 Å². The van der Waals surface area contributed by atoms with Crippen LogP contribution in [0.5, 0.6) is 0 Å². The molecule has 0 spiro atoms. The molecular weight excluding hydrogens is 371 g/mol. The third-order valence-electron chi connectivity index (χ3n) is 3.20. The van der Waals surface area contributed by atoms with Gasteiger partial charge in [0.05, 0.1) is 16.4 Å². The van der Waals surface area contributed by atoms with E-state index in [9.17, 15) is 14.7 Å². The topological polar surface area (TPSA) is 90.7 Å². The summed E-state index contributed by atoms with van der Waals surface area (Å²) in [5.41, 5.74) is 0.796. The number of rotatable bonds is 6. The zero-order valence-electron chi connectivity index (χ0n) is 13.5. The molecule has 1 aromatic carbocycles. The standard InChI is InChI=1S/C16H16Cl2N2O5/c1-9(21)24-8-15(23)16(25-10(2)22)13-5-6-19-20(13)14-7-11(17)3-4-12(14)18/h3-7,15-16,23H,8H2,1-2H3/t15-,16?/m1/s1. The fraction of sp³-hybridized carbons (Fsp3) is 0.312. The van der Waals surface area contributed by atoms with Gasteiger partial charge >= 0.3 is 11.9 Å². The first-order valence-electron chi connectivity index (χ1n) is 7.27. The van der Waals surface area contributed by atoms with Crippen molar-refractivity contribution in [3.63, 3.8) is 0 Å². The lowest BCUT2D eigenvalue weighted by molar-refractivity contribution is -0.159. The minimum atomic E-state index is -1.29. The van der Waals surface area contributed by atoms with Crippen molar-refractivity contribution in [2.24, 2.45) is 0 Å². The molecule has 1 unspecified atom stereocenters. The highest BCUT2D eigenvalue weighted by Crippen LogP contribution is 2.29. The van der Waals surface area contributed by atoms with Crippen LogP contribution < -0.4 is 0 Å². The van der Waals surface area contributed by atoms with Gasteiger partial charge in [0.2, 0.25) is 0 Å². The summed E-state index contributed by atoms with van der Waals surface area (Å²) >= 11 is 12.2. The quantitative estimate of drug-likeness (QED) is 0.767. The summed E-state index contributed by atoms with van der Waals surface area (Å²) in [7, 11) is 0. The smallest absolute Gasteiger partial charge is 0.303 e. The van der Waals surface area contributed by atoms with Crippen LogP contribution in [0.2, 0.25) is 10.0 Å². The lowest BCUT2D eigenvalue weighted by Gasteiger charge is -2.23. The second-order valence-corrected chi connectivity index (χ2v) is 6.01. The molecule has 0 fully saturated rings. The first-order valence-corrected chi connectivity index (χ1v) is 8.03. The fourth-order valence-corrected chi connectivity index (χ4v) is 2.55. The number of aliphatic hydroxyl groups excluding tert-OH is 1. The Morgan fingerprint density at radius 1 is 1.24 bits per heavy atom. The van der Waals surface area contributed by atoms with Crippen LogP contribution in [0.15, 0.2) is 30.5 Å². The summed E-state index contributed by atoms with van der Waals surface area (Å²) in [4.78, 5) is 22.4. The van der Waals surface area contributed by atoms with Crippen molar-refractivity contribution < 1.29 is 24.2 Å². The van der Waals surface area contributed by atoms with Gasteiger partial charge in [0.15, 0.2) is 6.10 Å². The van der Waals surface area contributed by atoms with E-state index >= 15 is 0 Å². The summed E-state index contributed by atoms with van der Waals surface area (Å²) in [6.45, 7) is 2.07. The van der Waals surface area contributed by atoms with E-state index in [0.717, 1.165) is 0 Å². The number of carbonyl (C=O) groups excluding carboxylic acids is 2. The zero-order valence-corrected chi connectivity index (χ0v) is 15.0. The number of halogens is 2. The van der Waals surface area contributed by atoms with Crippen molar-refractivity contribution in [1.82, 2.24) is 9.78 Å². The third kappa shape index (κ3) is 4.94. The summed E-state index contributed by atoms with van der Waals surface area (Å²) in [5.74, 6) is -1.18. The first-order chi connectivity index (χ1) is 11.8. The SMILES string of the molecule is CC(=O)OC[C@@H](O)C(OC(C)=O)c1ccnn1-c1cc(Cl)ccc1Cl. The summed E-state index contributed by atoms with van der Waals surface area (Å²) in [6.07, 6.45) is -0.947. The minimum absolute atomic E-state index is 0.345. The van der Waals surface area contributed by atoms with Crippen LogP contribution in [-0.2, 0) is 19.1 Å². The Hall–Kier alpha value is -2.09. The normalized spacial score (nSPS) is 13.2. The third-order valence-corrected chi connectivity index (χ3v) is 3.75. The molecule has 2 aromatic rings. The molecule has 9 heteroatoms. The average Bonchev–Trinajstić information content (AvgIpc) is 3.01. The maximum atomic E-state index is 11.4. The molecule has 0 radical (unpaired) electrons. The van der Waals surface area contributed by atoms with Crippen LogP contribution in [0.1, 0.15) is 25.6 Å². The molecule has 0 amide bonds. The molecule has 134 valence electrons. The molecule has 0 saturated carbocycles. The van der Waals surface area contributed by atoms with Gasteiger partial charge in [-0.2, -0.15) is 5.10 Å². The Labute approximate surface area is 154 Å². The largest absolute Gasteiger partial charge is 0.463 e. The van der Waals surface area contributed by atoms with Gasteiger partial charge < -0.3 is 14.6 Å². The number of ether oxygens (including phenoxy) is 2. The number of esters is 2. The van der Waals surface area contributed by atoms with E-state index in [2.05, 4.69) is 5.10 Å². The van der Waals surface area contributed by atoms with Crippen LogP contribution in [0, 0.1) is 0 Å². The van der Waals surface area contributed by atoms with Crippen LogP contribution in [-0.4, -0.2) is 39.5 Å². The van der Waals surface area contributed by atoms with Gasteiger partial charge in [-0.05, 0) is 24.3 Å². The highest BCUT2D eigenvalue weighted by molar-refractivity contribution is 6.34. The van der Waals surface area contributed by atoms with Gasteiger partial charge in [-0.3, -0.25) is 9.59 Å². The lowest BCUT2D eigenvalue weighted by Crippen LogP contribution is -2.30. The van der Waals surface area contributed by atoms with E-state index in [0.29, 0.717) is 21.4 Å². The zero-order chi connectivity index (χ0) is 18.6. The minimum Gasteiger partial charge on any atom is -0.463 e. The molecule has 2 atom stereocenters. The molecule has 0 saturated heterocycles. The Balaban J connectivity index is 2.42. The van der Waals surface area contributed by atoms with E-state index in [1.165, 1.54) is 24.7 Å². The van der Waals surface area contributed by atoms with Crippen molar-refractivity contribution in [2.45, 2.75) is 26.1 Å². The molecule has 1 aromatic heterocycles. The molecular formula is C16H16Cl2N2O5. The van der Waals surface area contributed by atoms with E-state index in [1.54, 1.807) is 24.3 Å². The molecule has 7 nitrogen and oxygen atoms in total. The van der Waals surface area contributed by atoms with Crippen molar-refractivity contribution in [3.05, 3.63) is 46.2 Å². The number of aliphatic hydroxyl groups is 1. The number of nitrogens with zero attached hydrogens (tertiary/aromatic N) is 2. The Kier molecular flexibility index (Phi) is 6.41. The van der Waals surface area contributed by atoms with Gasteiger partial charge in [0.25, 0.3) is 0 Å². The highest BCUT2D eigenvalue weighted by Gasteiger charge is 2.29. The fourth-order valence-electron chi connectivity index (χ4n) is 2.18. The molecule has 0 aliphatic heterocycles.